The maximum Gasteiger partial charge on any atom is 0.273 e. The number of rotatable bonds is 5. The van der Waals surface area contributed by atoms with Crippen LogP contribution >= 0.6 is 0 Å². The van der Waals surface area contributed by atoms with Gasteiger partial charge in [-0.1, -0.05) is 42.0 Å². The zero-order valence-corrected chi connectivity index (χ0v) is 14.3. The molecule has 24 heavy (non-hydrogen) atoms. The maximum atomic E-state index is 12.3. The molecule has 1 amide bonds. The summed E-state index contributed by atoms with van der Waals surface area (Å²) in [4.78, 5) is 12.3. The quantitative estimate of drug-likeness (QED) is 0.881. The second-order valence-corrected chi connectivity index (χ2v) is 6.59. The highest BCUT2D eigenvalue weighted by Crippen LogP contribution is 2.17. The van der Waals surface area contributed by atoms with Gasteiger partial charge in [0.15, 0.2) is 5.69 Å². The van der Waals surface area contributed by atoms with Crippen molar-refractivity contribution in [1.29, 1.82) is 0 Å². The molecule has 1 aliphatic heterocycles. The third kappa shape index (κ3) is 4.00. The molecule has 2 heterocycles. The van der Waals surface area contributed by atoms with Gasteiger partial charge in [0.25, 0.3) is 5.91 Å². The smallest absolute Gasteiger partial charge is 0.273 e. The molecule has 0 radical (unpaired) electrons. The van der Waals surface area contributed by atoms with Gasteiger partial charge >= 0.3 is 0 Å². The fourth-order valence-electron chi connectivity index (χ4n) is 2.98. The number of carbonyl (C=O) groups excluding carboxylic acids is 1. The van der Waals surface area contributed by atoms with Crippen molar-refractivity contribution in [3.8, 4) is 0 Å². The first-order chi connectivity index (χ1) is 11.6. The van der Waals surface area contributed by atoms with E-state index in [2.05, 4.69) is 59.1 Å². The van der Waals surface area contributed by atoms with Crippen LogP contribution < -0.4 is 10.6 Å². The standard InChI is InChI=1S/C18H25N5O/c1-13-3-5-15(6-4-13)14(2)11-20-18(24)17-12-23(22-21-17)16-7-9-19-10-8-16/h3-6,12,14,16,19H,7-11H2,1-2H3,(H,20,24). The molecule has 1 aliphatic rings. The summed E-state index contributed by atoms with van der Waals surface area (Å²) in [6.45, 7) is 6.74. The van der Waals surface area contributed by atoms with E-state index in [1.807, 2.05) is 4.68 Å². The van der Waals surface area contributed by atoms with Crippen molar-refractivity contribution >= 4 is 5.91 Å². The highest BCUT2D eigenvalue weighted by atomic mass is 16.2. The summed E-state index contributed by atoms with van der Waals surface area (Å²) in [6.07, 6.45) is 3.81. The van der Waals surface area contributed by atoms with Crippen LogP contribution in [0.25, 0.3) is 0 Å². The summed E-state index contributed by atoms with van der Waals surface area (Å²) in [5.74, 6) is 0.100. The monoisotopic (exact) mass is 327 g/mol. The summed E-state index contributed by atoms with van der Waals surface area (Å²) in [5.41, 5.74) is 2.86. The third-order valence-corrected chi connectivity index (χ3v) is 4.64. The number of nitrogens with one attached hydrogen (secondary N) is 2. The minimum absolute atomic E-state index is 0.158. The summed E-state index contributed by atoms with van der Waals surface area (Å²) in [6, 6.07) is 8.75. The molecule has 6 nitrogen and oxygen atoms in total. The molecule has 1 aromatic carbocycles. The number of amides is 1. The van der Waals surface area contributed by atoms with E-state index in [1.54, 1.807) is 6.20 Å². The van der Waals surface area contributed by atoms with Crippen molar-refractivity contribution in [3.05, 3.63) is 47.3 Å². The highest BCUT2D eigenvalue weighted by Gasteiger charge is 2.19. The van der Waals surface area contributed by atoms with Gasteiger partial charge in [-0.15, -0.1) is 5.10 Å². The van der Waals surface area contributed by atoms with Crippen LogP contribution in [0.2, 0.25) is 0 Å². The Bertz CT molecular complexity index is 673. The highest BCUT2D eigenvalue weighted by molar-refractivity contribution is 5.91. The summed E-state index contributed by atoms with van der Waals surface area (Å²) < 4.78 is 1.83. The van der Waals surface area contributed by atoms with Gasteiger partial charge in [0.05, 0.1) is 12.2 Å². The number of carbonyl (C=O) groups is 1. The van der Waals surface area contributed by atoms with E-state index in [0.717, 1.165) is 25.9 Å². The molecule has 3 rings (SSSR count). The lowest BCUT2D eigenvalue weighted by molar-refractivity contribution is 0.0946. The van der Waals surface area contributed by atoms with Gasteiger partial charge in [-0.05, 0) is 44.3 Å². The van der Waals surface area contributed by atoms with E-state index >= 15 is 0 Å². The predicted octanol–water partition coefficient (Wildman–Crippen LogP) is 2.04. The Morgan fingerprint density at radius 2 is 2.04 bits per heavy atom. The molecule has 0 aliphatic carbocycles. The van der Waals surface area contributed by atoms with Crippen LogP contribution in [0, 0.1) is 6.92 Å². The van der Waals surface area contributed by atoms with Crippen molar-refractivity contribution in [2.75, 3.05) is 19.6 Å². The lowest BCUT2D eigenvalue weighted by atomic mass is 10.00. The van der Waals surface area contributed by atoms with Crippen LogP contribution in [0.4, 0.5) is 0 Å². The van der Waals surface area contributed by atoms with Crippen molar-refractivity contribution in [3.63, 3.8) is 0 Å². The van der Waals surface area contributed by atoms with Crippen LogP contribution in [0.5, 0.6) is 0 Å². The second-order valence-electron chi connectivity index (χ2n) is 6.59. The molecule has 1 aromatic heterocycles. The molecule has 6 heteroatoms. The van der Waals surface area contributed by atoms with Gasteiger partial charge in [0.2, 0.25) is 0 Å². The topological polar surface area (TPSA) is 71.8 Å². The molecule has 128 valence electrons. The van der Waals surface area contributed by atoms with E-state index < -0.39 is 0 Å². The van der Waals surface area contributed by atoms with Crippen molar-refractivity contribution < 1.29 is 4.79 Å². The molecule has 0 saturated carbocycles. The fraction of sp³-hybridized carbons (Fsp3) is 0.500. The zero-order chi connectivity index (χ0) is 16.9. The van der Waals surface area contributed by atoms with Gasteiger partial charge in [-0.2, -0.15) is 0 Å². The Morgan fingerprint density at radius 3 is 2.75 bits per heavy atom. The van der Waals surface area contributed by atoms with E-state index in [1.165, 1.54) is 11.1 Å². The van der Waals surface area contributed by atoms with E-state index in [-0.39, 0.29) is 11.8 Å². The van der Waals surface area contributed by atoms with E-state index in [9.17, 15) is 4.79 Å². The van der Waals surface area contributed by atoms with Crippen molar-refractivity contribution in [1.82, 2.24) is 25.6 Å². The molecule has 1 atom stereocenters. The van der Waals surface area contributed by atoms with Crippen molar-refractivity contribution in [2.45, 2.75) is 38.6 Å². The molecular formula is C18H25N5O. The van der Waals surface area contributed by atoms with Crippen LogP contribution in [-0.4, -0.2) is 40.5 Å². The maximum absolute atomic E-state index is 12.3. The molecule has 2 N–H and O–H groups in total. The van der Waals surface area contributed by atoms with E-state index in [4.69, 9.17) is 0 Å². The van der Waals surface area contributed by atoms with Gasteiger partial charge in [-0.3, -0.25) is 4.79 Å². The Kier molecular flexibility index (Phi) is 5.25. The number of aryl methyl sites for hydroxylation is 1. The second kappa shape index (κ2) is 7.57. The summed E-state index contributed by atoms with van der Waals surface area (Å²) in [7, 11) is 0. The van der Waals surface area contributed by atoms with Crippen LogP contribution in [-0.2, 0) is 0 Å². The third-order valence-electron chi connectivity index (χ3n) is 4.64. The molecule has 2 aromatic rings. The van der Waals surface area contributed by atoms with Gasteiger partial charge in [0, 0.05) is 6.54 Å². The average Bonchev–Trinajstić information content (AvgIpc) is 3.11. The normalized spacial score (nSPS) is 16.8. The van der Waals surface area contributed by atoms with Gasteiger partial charge in [-0.25, -0.2) is 4.68 Å². The summed E-state index contributed by atoms with van der Waals surface area (Å²) in [5, 5.41) is 14.5. The molecule has 1 saturated heterocycles. The number of nitrogens with zero attached hydrogens (tertiary/aromatic N) is 3. The number of aromatic nitrogens is 3. The first-order valence-corrected chi connectivity index (χ1v) is 8.61. The van der Waals surface area contributed by atoms with Gasteiger partial charge in [0.1, 0.15) is 0 Å². The first-order valence-electron chi connectivity index (χ1n) is 8.61. The van der Waals surface area contributed by atoms with Crippen LogP contribution in [0.15, 0.2) is 30.5 Å². The number of hydrogen-bond donors (Lipinski definition) is 2. The Hall–Kier alpha value is -2.21. The Balaban J connectivity index is 1.55. The predicted molar refractivity (Wildman–Crippen MR) is 93.1 cm³/mol. The SMILES string of the molecule is Cc1ccc(C(C)CNC(=O)c2cn(C3CCNCC3)nn2)cc1. The average molecular weight is 327 g/mol. The fourth-order valence-corrected chi connectivity index (χ4v) is 2.98. The lowest BCUT2D eigenvalue weighted by Gasteiger charge is -2.22. The number of hydrogen-bond acceptors (Lipinski definition) is 4. The van der Waals surface area contributed by atoms with Crippen LogP contribution in [0.3, 0.4) is 0 Å². The van der Waals surface area contributed by atoms with E-state index in [0.29, 0.717) is 18.3 Å². The molecule has 0 spiro atoms. The lowest BCUT2D eigenvalue weighted by Crippen LogP contribution is -2.29. The summed E-state index contributed by atoms with van der Waals surface area (Å²) >= 11 is 0. The Labute approximate surface area is 142 Å². The molecule has 0 bridgehead atoms. The first kappa shape index (κ1) is 16.6. The molecular weight excluding hydrogens is 302 g/mol. The minimum Gasteiger partial charge on any atom is -0.350 e. The van der Waals surface area contributed by atoms with Gasteiger partial charge < -0.3 is 10.6 Å². The largest absolute Gasteiger partial charge is 0.350 e. The number of piperidine rings is 1. The van der Waals surface area contributed by atoms with Crippen molar-refractivity contribution in [2.24, 2.45) is 0 Å². The zero-order valence-electron chi connectivity index (χ0n) is 14.3. The minimum atomic E-state index is -0.158. The Morgan fingerprint density at radius 1 is 1.33 bits per heavy atom. The molecule has 1 fully saturated rings. The number of benzene rings is 1. The van der Waals surface area contributed by atoms with Crippen LogP contribution in [0.1, 0.15) is 53.3 Å². The molecule has 1 unspecified atom stereocenters.